The van der Waals surface area contributed by atoms with E-state index < -0.39 is 28.9 Å². The highest BCUT2D eigenvalue weighted by molar-refractivity contribution is 5.85. The van der Waals surface area contributed by atoms with Crippen LogP contribution in [0.2, 0.25) is 0 Å². The van der Waals surface area contributed by atoms with Crippen molar-refractivity contribution in [2.24, 2.45) is 17.1 Å². The number of nitrogens with zero attached hydrogens (tertiary/aromatic N) is 3. The Bertz CT molecular complexity index is 1160. The number of hydrogen-bond donors (Lipinski definition) is 2. The molecule has 2 atom stereocenters. The Labute approximate surface area is 210 Å². The Morgan fingerprint density at radius 2 is 1.94 bits per heavy atom. The number of nitriles is 1. The normalized spacial score (nSPS) is 13.8. The van der Waals surface area contributed by atoms with E-state index in [1.54, 1.807) is 33.8 Å². The lowest BCUT2D eigenvalue weighted by Crippen LogP contribution is -2.41. The molecule has 1 heterocycles. The van der Waals surface area contributed by atoms with Crippen molar-refractivity contribution in [3.63, 3.8) is 0 Å². The number of aromatic nitrogens is 1. The van der Waals surface area contributed by atoms with Gasteiger partial charge in [-0.25, -0.2) is 14.2 Å². The zero-order valence-corrected chi connectivity index (χ0v) is 21.5. The number of carbonyl (C=O) groups excluding carboxylic acids is 1. The number of amides is 1. The van der Waals surface area contributed by atoms with E-state index in [9.17, 15) is 14.9 Å². The fourth-order valence-corrected chi connectivity index (χ4v) is 3.58. The van der Waals surface area contributed by atoms with E-state index >= 15 is 4.39 Å². The molecule has 0 bridgehead atoms. The van der Waals surface area contributed by atoms with Crippen molar-refractivity contribution in [2.45, 2.75) is 46.6 Å². The highest BCUT2D eigenvalue weighted by Gasteiger charge is 2.39. The molecule has 3 N–H and O–H groups in total. The zero-order chi connectivity index (χ0) is 27.3. The van der Waals surface area contributed by atoms with Crippen molar-refractivity contribution in [1.82, 2.24) is 4.98 Å². The van der Waals surface area contributed by atoms with Crippen LogP contribution >= 0.6 is 0 Å². The molecule has 0 aliphatic carbocycles. The first kappa shape index (κ1) is 28.5. The molecule has 1 aromatic heterocycles. The standard InChI is InChI=1S/C26H33FN4O5/c1-16(13-28)12-26(5,23(32)36-25(2,3)4)15-35-20-8-7-17(11-18(20)14-29)19-9-10-30-22(21(19)27)31(6)24(33)34/h7-11,16H,12-13,15,28H2,1-6H3,(H,33,34)/t16-,26-/m0/s1. The first-order valence-corrected chi connectivity index (χ1v) is 11.4. The maximum atomic E-state index is 15.0. The van der Waals surface area contributed by atoms with Crippen LogP contribution in [-0.2, 0) is 9.53 Å². The Morgan fingerprint density at radius 1 is 1.28 bits per heavy atom. The monoisotopic (exact) mass is 500 g/mol. The molecule has 1 aromatic carbocycles. The maximum absolute atomic E-state index is 15.0. The number of hydrogen-bond acceptors (Lipinski definition) is 7. The molecule has 0 radical (unpaired) electrons. The molecule has 0 aliphatic rings. The summed E-state index contributed by atoms with van der Waals surface area (Å²) < 4.78 is 26.6. The van der Waals surface area contributed by atoms with E-state index in [1.807, 2.05) is 13.0 Å². The van der Waals surface area contributed by atoms with Gasteiger partial charge < -0.3 is 20.3 Å². The third-order valence-corrected chi connectivity index (χ3v) is 5.53. The largest absolute Gasteiger partial charge is 0.491 e. The number of pyridine rings is 1. The topological polar surface area (TPSA) is 139 Å². The van der Waals surface area contributed by atoms with Crippen LogP contribution in [0.3, 0.4) is 0 Å². The van der Waals surface area contributed by atoms with Crippen LogP contribution in [0, 0.1) is 28.5 Å². The Morgan fingerprint density at radius 3 is 2.50 bits per heavy atom. The van der Waals surface area contributed by atoms with Crippen molar-refractivity contribution in [2.75, 3.05) is 25.1 Å². The summed E-state index contributed by atoms with van der Waals surface area (Å²) in [7, 11) is 1.18. The summed E-state index contributed by atoms with van der Waals surface area (Å²) in [5, 5.41) is 18.9. The number of carbonyl (C=O) groups is 2. The minimum Gasteiger partial charge on any atom is -0.491 e. The first-order valence-electron chi connectivity index (χ1n) is 11.4. The van der Waals surface area contributed by atoms with Gasteiger partial charge in [0.25, 0.3) is 0 Å². The van der Waals surface area contributed by atoms with Gasteiger partial charge in [-0.15, -0.1) is 0 Å². The minimum absolute atomic E-state index is 0.0247. The van der Waals surface area contributed by atoms with Gasteiger partial charge in [-0.2, -0.15) is 5.26 Å². The lowest BCUT2D eigenvalue weighted by Gasteiger charge is -2.33. The number of nitrogens with two attached hydrogens (primary N) is 1. The molecular weight excluding hydrogens is 467 g/mol. The number of halogens is 1. The second kappa shape index (κ2) is 11.4. The first-order chi connectivity index (χ1) is 16.7. The second-order valence-electron chi connectivity index (χ2n) is 10.1. The quantitative estimate of drug-likeness (QED) is 0.477. The molecule has 10 heteroatoms. The van der Waals surface area contributed by atoms with Gasteiger partial charge in [-0.1, -0.05) is 13.0 Å². The number of ether oxygens (including phenoxy) is 2. The Balaban J connectivity index is 2.37. The summed E-state index contributed by atoms with van der Waals surface area (Å²) in [6.45, 7) is 9.33. The lowest BCUT2D eigenvalue weighted by atomic mass is 9.82. The smallest absolute Gasteiger partial charge is 0.412 e. The second-order valence-corrected chi connectivity index (χ2v) is 10.1. The number of esters is 1. The average molecular weight is 501 g/mol. The highest BCUT2D eigenvalue weighted by atomic mass is 19.1. The van der Waals surface area contributed by atoms with Gasteiger partial charge in [0.1, 0.15) is 24.0 Å². The van der Waals surface area contributed by atoms with Gasteiger partial charge in [0.05, 0.1) is 11.0 Å². The van der Waals surface area contributed by atoms with Crippen LogP contribution in [0.15, 0.2) is 30.5 Å². The minimum atomic E-state index is -1.36. The van der Waals surface area contributed by atoms with E-state index in [1.165, 1.54) is 31.4 Å². The van der Waals surface area contributed by atoms with E-state index in [0.717, 1.165) is 0 Å². The van der Waals surface area contributed by atoms with Crippen molar-refractivity contribution in [3.05, 3.63) is 41.8 Å². The summed E-state index contributed by atoms with van der Waals surface area (Å²) in [6, 6.07) is 7.92. The Kier molecular flexibility index (Phi) is 8.99. The number of anilines is 1. The van der Waals surface area contributed by atoms with Crippen LogP contribution in [0.1, 0.15) is 46.6 Å². The predicted molar refractivity (Wildman–Crippen MR) is 133 cm³/mol. The SMILES string of the molecule is C[C@H](CN)C[C@@](C)(COc1ccc(-c2ccnc(N(C)C(=O)O)c2F)cc1C#N)C(=O)OC(C)(C)C. The third kappa shape index (κ3) is 6.92. The molecule has 0 saturated carbocycles. The van der Waals surface area contributed by atoms with Gasteiger partial charge in [-0.3, -0.25) is 9.69 Å². The molecule has 1 amide bonds. The van der Waals surface area contributed by atoms with Crippen LogP contribution in [0.25, 0.3) is 11.1 Å². The van der Waals surface area contributed by atoms with Crippen molar-refractivity contribution in [1.29, 1.82) is 5.26 Å². The van der Waals surface area contributed by atoms with Crippen LogP contribution in [0.4, 0.5) is 15.0 Å². The fourth-order valence-electron chi connectivity index (χ4n) is 3.58. The molecule has 2 aromatic rings. The highest BCUT2D eigenvalue weighted by Crippen LogP contribution is 2.34. The molecule has 0 unspecified atom stereocenters. The predicted octanol–water partition coefficient (Wildman–Crippen LogP) is 4.59. The van der Waals surface area contributed by atoms with Gasteiger partial charge in [0.15, 0.2) is 11.6 Å². The van der Waals surface area contributed by atoms with Gasteiger partial charge in [0.2, 0.25) is 0 Å². The molecule has 0 spiro atoms. The van der Waals surface area contributed by atoms with Crippen LogP contribution in [0.5, 0.6) is 5.75 Å². The molecule has 0 saturated heterocycles. The molecule has 2 rings (SSSR count). The lowest BCUT2D eigenvalue weighted by molar-refractivity contribution is -0.169. The summed E-state index contributed by atoms with van der Waals surface area (Å²) in [5.41, 5.74) is 4.61. The van der Waals surface area contributed by atoms with Crippen molar-refractivity contribution < 1.29 is 28.6 Å². The van der Waals surface area contributed by atoms with E-state index in [-0.39, 0.29) is 35.2 Å². The summed E-state index contributed by atoms with van der Waals surface area (Å²) in [4.78, 5) is 28.7. The third-order valence-electron chi connectivity index (χ3n) is 5.53. The van der Waals surface area contributed by atoms with Crippen LogP contribution < -0.4 is 15.4 Å². The van der Waals surface area contributed by atoms with Crippen molar-refractivity contribution >= 4 is 17.9 Å². The fraction of sp³-hybridized carbons (Fsp3) is 0.462. The molecule has 0 fully saturated rings. The van der Waals surface area contributed by atoms with Crippen molar-refractivity contribution in [3.8, 4) is 22.9 Å². The zero-order valence-electron chi connectivity index (χ0n) is 21.5. The number of carboxylic acid groups (broad SMARTS) is 1. The molecule has 194 valence electrons. The van der Waals surface area contributed by atoms with E-state index in [2.05, 4.69) is 4.98 Å². The number of rotatable bonds is 9. The van der Waals surface area contributed by atoms with E-state index in [4.69, 9.17) is 20.3 Å². The van der Waals surface area contributed by atoms with Gasteiger partial charge >= 0.3 is 12.1 Å². The Hall–Kier alpha value is -3.71. The summed E-state index contributed by atoms with van der Waals surface area (Å²) >= 11 is 0. The molecule has 36 heavy (non-hydrogen) atoms. The maximum Gasteiger partial charge on any atom is 0.412 e. The molecular formula is C26H33FN4O5. The molecule has 0 aliphatic heterocycles. The van der Waals surface area contributed by atoms with Gasteiger partial charge in [-0.05, 0) is 70.3 Å². The van der Waals surface area contributed by atoms with Crippen LogP contribution in [-0.4, -0.2) is 48.0 Å². The van der Waals surface area contributed by atoms with Gasteiger partial charge in [0, 0.05) is 18.8 Å². The summed E-state index contributed by atoms with van der Waals surface area (Å²) in [5.74, 6) is -1.39. The molecule has 9 nitrogen and oxygen atoms in total. The number of benzene rings is 1. The summed E-state index contributed by atoms with van der Waals surface area (Å²) in [6.07, 6.45) is 0.339. The average Bonchev–Trinajstić information content (AvgIpc) is 2.81. The van der Waals surface area contributed by atoms with E-state index in [0.29, 0.717) is 23.4 Å².